The largest absolute Gasteiger partial charge is 0.378 e. The second-order valence-corrected chi connectivity index (χ2v) is 5.00. The first-order chi connectivity index (χ1) is 10.1. The second-order valence-electron chi connectivity index (χ2n) is 5.00. The van der Waals surface area contributed by atoms with Crippen LogP contribution in [-0.2, 0) is 0 Å². The third-order valence-electron chi connectivity index (χ3n) is 3.18. The van der Waals surface area contributed by atoms with E-state index in [0.29, 0.717) is 5.56 Å². The van der Waals surface area contributed by atoms with E-state index in [9.17, 15) is 4.79 Å². The number of amides is 1. The monoisotopic (exact) mass is 281 g/mol. The SMILES string of the molecule is Cc1ccccc1C(=O)N/N=C/c1ccc(N(C)C)cc1. The zero-order valence-corrected chi connectivity index (χ0v) is 12.5. The van der Waals surface area contributed by atoms with Gasteiger partial charge < -0.3 is 4.90 Å². The predicted octanol–water partition coefficient (Wildman–Crippen LogP) is 2.82. The van der Waals surface area contributed by atoms with E-state index in [1.54, 1.807) is 12.3 Å². The van der Waals surface area contributed by atoms with Crippen molar-refractivity contribution in [3.63, 3.8) is 0 Å². The van der Waals surface area contributed by atoms with Gasteiger partial charge in [-0.25, -0.2) is 5.43 Å². The lowest BCUT2D eigenvalue weighted by Gasteiger charge is -2.11. The Morgan fingerprint density at radius 2 is 1.76 bits per heavy atom. The Morgan fingerprint density at radius 3 is 2.38 bits per heavy atom. The minimum absolute atomic E-state index is 0.200. The summed E-state index contributed by atoms with van der Waals surface area (Å²) in [6.45, 7) is 1.90. The lowest BCUT2D eigenvalue weighted by atomic mass is 10.1. The van der Waals surface area contributed by atoms with E-state index in [4.69, 9.17) is 0 Å². The first kappa shape index (κ1) is 14.8. The van der Waals surface area contributed by atoms with Gasteiger partial charge in [-0.05, 0) is 36.2 Å². The van der Waals surface area contributed by atoms with E-state index >= 15 is 0 Å². The molecule has 21 heavy (non-hydrogen) atoms. The maximum Gasteiger partial charge on any atom is 0.271 e. The molecule has 0 aliphatic rings. The van der Waals surface area contributed by atoms with Crippen LogP contribution in [0.5, 0.6) is 0 Å². The summed E-state index contributed by atoms with van der Waals surface area (Å²) in [7, 11) is 3.98. The lowest BCUT2D eigenvalue weighted by molar-refractivity contribution is 0.0954. The van der Waals surface area contributed by atoms with Crippen molar-refractivity contribution in [1.29, 1.82) is 0 Å². The fourth-order valence-electron chi connectivity index (χ4n) is 1.91. The van der Waals surface area contributed by atoms with Crippen LogP contribution in [0.25, 0.3) is 0 Å². The molecule has 0 aliphatic carbocycles. The number of hydrazone groups is 1. The Bertz CT molecular complexity index is 645. The Labute approximate surface area is 125 Å². The van der Waals surface area contributed by atoms with Crippen LogP contribution in [0.1, 0.15) is 21.5 Å². The molecule has 0 saturated carbocycles. The number of hydrogen-bond donors (Lipinski definition) is 1. The van der Waals surface area contributed by atoms with Gasteiger partial charge in [-0.3, -0.25) is 4.79 Å². The van der Waals surface area contributed by atoms with Crippen LogP contribution in [-0.4, -0.2) is 26.2 Å². The van der Waals surface area contributed by atoms with Crippen molar-refractivity contribution in [2.45, 2.75) is 6.92 Å². The van der Waals surface area contributed by atoms with Crippen molar-refractivity contribution < 1.29 is 4.79 Å². The zero-order chi connectivity index (χ0) is 15.2. The summed E-state index contributed by atoms with van der Waals surface area (Å²) in [5, 5.41) is 4.00. The Balaban J connectivity index is 1.99. The average molecular weight is 281 g/mol. The number of aryl methyl sites for hydroxylation is 1. The molecule has 0 radical (unpaired) electrons. The lowest BCUT2D eigenvalue weighted by Crippen LogP contribution is -2.18. The highest BCUT2D eigenvalue weighted by Crippen LogP contribution is 2.11. The Hall–Kier alpha value is -2.62. The number of carbonyl (C=O) groups is 1. The smallest absolute Gasteiger partial charge is 0.271 e. The van der Waals surface area contributed by atoms with E-state index < -0.39 is 0 Å². The van der Waals surface area contributed by atoms with Gasteiger partial charge in [0.1, 0.15) is 0 Å². The first-order valence-electron chi connectivity index (χ1n) is 6.74. The third-order valence-corrected chi connectivity index (χ3v) is 3.18. The molecule has 1 N–H and O–H groups in total. The fraction of sp³-hybridized carbons (Fsp3) is 0.176. The van der Waals surface area contributed by atoms with Crippen molar-refractivity contribution in [2.24, 2.45) is 5.10 Å². The molecule has 0 aliphatic heterocycles. The van der Waals surface area contributed by atoms with Gasteiger partial charge in [-0.15, -0.1) is 0 Å². The molecule has 0 heterocycles. The Morgan fingerprint density at radius 1 is 1.10 bits per heavy atom. The van der Waals surface area contributed by atoms with Gasteiger partial charge in [0.05, 0.1) is 6.21 Å². The van der Waals surface area contributed by atoms with Gasteiger partial charge in [-0.2, -0.15) is 5.10 Å². The molecule has 0 aromatic heterocycles. The molecule has 2 rings (SSSR count). The molecule has 4 heteroatoms. The molecule has 0 atom stereocenters. The molecule has 2 aromatic rings. The topological polar surface area (TPSA) is 44.7 Å². The van der Waals surface area contributed by atoms with Gasteiger partial charge in [0.15, 0.2) is 0 Å². The maximum atomic E-state index is 12.0. The number of nitrogens with one attached hydrogen (secondary N) is 1. The fourth-order valence-corrected chi connectivity index (χ4v) is 1.91. The number of anilines is 1. The molecule has 4 nitrogen and oxygen atoms in total. The van der Waals surface area contributed by atoms with Crippen LogP contribution in [0, 0.1) is 6.92 Å². The molecule has 0 unspecified atom stereocenters. The number of rotatable bonds is 4. The highest BCUT2D eigenvalue weighted by atomic mass is 16.2. The van der Waals surface area contributed by atoms with E-state index in [1.165, 1.54) is 0 Å². The van der Waals surface area contributed by atoms with Crippen molar-refractivity contribution in [3.8, 4) is 0 Å². The van der Waals surface area contributed by atoms with E-state index in [-0.39, 0.29) is 5.91 Å². The summed E-state index contributed by atoms with van der Waals surface area (Å²) in [5.41, 5.74) is 6.17. The minimum Gasteiger partial charge on any atom is -0.378 e. The summed E-state index contributed by atoms with van der Waals surface area (Å²) in [6.07, 6.45) is 1.63. The molecular weight excluding hydrogens is 262 g/mol. The van der Waals surface area contributed by atoms with Gasteiger partial charge >= 0.3 is 0 Å². The van der Waals surface area contributed by atoms with Gasteiger partial charge in [-0.1, -0.05) is 30.3 Å². The predicted molar refractivity (Wildman–Crippen MR) is 87.0 cm³/mol. The number of nitrogens with zero attached hydrogens (tertiary/aromatic N) is 2. The van der Waals surface area contributed by atoms with Crippen molar-refractivity contribution in [2.75, 3.05) is 19.0 Å². The number of carbonyl (C=O) groups excluding carboxylic acids is 1. The van der Waals surface area contributed by atoms with E-state index in [0.717, 1.165) is 16.8 Å². The van der Waals surface area contributed by atoms with E-state index in [2.05, 4.69) is 10.5 Å². The zero-order valence-electron chi connectivity index (χ0n) is 12.5. The number of benzene rings is 2. The third kappa shape index (κ3) is 3.92. The van der Waals surface area contributed by atoms with E-state index in [1.807, 2.05) is 68.4 Å². The standard InChI is InChI=1S/C17H19N3O/c1-13-6-4-5-7-16(13)17(21)19-18-12-14-8-10-15(11-9-14)20(2)3/h4-12H,1-3H3,(H,19,21)/b18-12+. The molecule has 0 bridgehead atoms. The van der Waals surface area contributed by atoms with Crippen LogP contribution >= 0.6 is 0 Å². The normalized spacial score (nSPS) is 10.6. The summed E-state index contributed by atoms with van der Waals surface area (Å²) < 4.78 is 0. The second kappa shape index (κ2) is 6.70. The van der Waals surface area contributed by atoms with Crippen LogP contribution in [0.2, 0.25) is 0 Å². The van der Waals surface area contributed by atoms with Gasteiger partial charge in [0.25, 0.3) is 5.91 Å². The molecule has 108 valence electrons. The van der Waals surface area contributed by atoms with Crippen molar-refractivity contribution in [1.82, 2.24) is 5.43 Å². The molecule has 0 saturated heterocycles. The van der Waals surface area contributed by atoms with Gasteiger partial charge in [0.2, 0.25) is 0 Å². The highest BCUT2D eigenvalue weighted by Gasteiger charge is 2.06. The average Bonchev–Trinajstić information content (AvgIpc) is 2.48. The highest BCUT2D eigenvalue weighted by molar-refractivity contribution is 5.96. The number of hydrogen-bond acceptors (Lipinski definition) is 3. The van der Waals surface area contributed by atoms with Crippen LogP contribution in [0.15, 0.2) is 53.6 Å². The summed E-state index contributed by atoms with van der Waals surface area (Å²) >= 11 is 0. The molecule has 0 fully saturated rings. The summed E-state index contributed by atoms with van der Waals surface area (Å²) in [4.78, 5) is 14.0. The summed E-state index contributed by atoms with van der Waals surface area (Å²) in [5.74, 6) is -0.200. The van der Waals surface area contributed by atoms with Crippen LogP contribution < -0.4 is 10.3 Å². The van der Waals surface area contributed by atoms with Gasteiger partial charge in [0, 0.05) is 25.3 Å². The van der Waals surface area contributed by atoms with Crippen molar-refractivity contribution in [3.05, 3.63) is 65.2 Å². The molecule has 2 aromatic carbocycles. The van der Waals surface area contributed by atoms with Crippen molar-refractivity contribution >= 4 is 17.8 Å². The minimum atomic E-state index is -0.200. The summed E-state index contributed by atoms with van der Waals surface area (Å²) in [6, 6.07) is 15.4. The molecule has 1 amide bonds. The quantitative estimate of drug-likeness (QED) is 0.692. The molecule has 0 spiro atoms. The van der Waals surface area contributed by atoms with Crippen LogP contribution in [0.4, 0.5) is 5.69 Å². The first-order valence-corrected chi connectivity index (χ1v) is 6.74. The molecular formula is C17H19N3O. The Kier molecular flexibility index (Phi) is 4.72. The van der Waals surface area contributed by atoms with Crippen LogP contribution in [0.3, 0.4) is 0 Å². The maximum absolute atomic E-state index is 12.0.